The van der Waals surface area contributed by atoms with E-state index in [1.807, 2.05) is 24.3 Å². The molecule has 56 valence electrons. The molecule has 0 spiro atoms. The van der Waals surface area contributed by atoms with Crippen LogP contribution >= 0.6 is 0 Å². The van der Waals surface area contributed by atoms with Gasteiger partial charge in [0, 0.05) is 12.6 Å². The Balaban J connectivity index is 2.55. The van der Waals surface area contributed by atoms with Crippen molar-refractivity contribution in [1.82, 2.24) is 0 Å². The van der Waals surface area contributed by atoms with Crippen LogP contribution in [-0.4, -0.2) is 19.4 Å². The van der Waals surface area contributed by atoms with Gasteiger partial charge in [-0.2, -0.15) is 0 Å². The van der Waals surface area contributed by atoms with Crippen molar-refractivity contribution >= 4 is 5.71 Å². The minimum Gasteiger partial charge on any atom is -0.487 e. The van der Waals surface area contributed by atoms with Gasteiger partial charge in [-0.15, -0.1) is 0 Å². The second kappa shape index (κ2) is 2.38. The zero-order valence-electron chi connectivity index (χ0n) is 6.37. The number of hydrogen-bond donors (Lipinski definition) is 0. The summed E-state index contributed by atoms with van der Waals surface area (Å²) in [6, 6.07) is 7.97. The Morgan fingerprint density at radius 3 is 3.00 bits per heavy atom. The summed E-state index contributed by atoms with van der Waals surface area (Å²) in [5, 5.41) is 0. The topological polar surface area (TPSA) is 21.6 Å². The molecule has 11 heavy (non-hydrogen) atoms. The molecule has 1 aromatic rings. The number of ether oxygens (including phenoxy) is 1. The highest BCUT2D eigenvalue weighted by molar-refractivity contribution is 6.06. The van der Waals surface area contributed by atoms with Gasteiger partial charge in [-0.05, 0) is 12.1 Å². The molecule has 0 N–H and O–H groups in total. The minimum absolute atomic E-state index is 0.621. The van der Waals surface area contributed by atoms with Gasteiger partial charge in [0.1, 0.15) is 12.4 Å². The number of hydrogen-bond acceptors (Lipinski definition) is 2. The fourth-order valence-electron chi connectivity index (χ4n) is 1.24. The van der Waals surface area contributed by atoms with E-state index in [9.17, 15) is 0 Å². The molecule has 0 fully saturated rings. The standard InChI is InChI=1S/C9H9NO/c1-10-8-6-11-9-5-3-2-4-7(8)9/h2-5H,6H2,1H3/b10-8+. The zero-order valence-corrected chi connectivity index (χ0v) is 6.37. The van der Waals surface area contributed by atoms with Crippen LogP contribution in [0.5, 0.6) is 5.75 Å². The number of fused-ring (bicyclic) bond motifs is 1. The van der Waals surface area contributed by atoms with Crippen LogP contribution in [0.4, 0.5) is 0 Å². The van der Waals surface area contributed by atoms with Crippen molar-refractivity contribution in [2.75, 3.05) is 13.7 Å². The Morgan fingerprint density at radius 1 is 1.36 bits per heavy atom. The van der Waals surface area contributed by atoms with Gasteiger partial charge < -0.3 is 4.74 Å². The Morgan fingerprint density at radius 2 is 2.18 bits per heavy atom. The first kappa shape index (κ1) is 6.40. The molecule has 0 bridgehead atoms. The first-order valence-electron chi connectivity index (χ1n) is 3.59. The predicted molar refractivity (Wildman–Crippen MR) is 44.4 cm³/mol. The first-order valence-corrected chi connectivity index (χ1v) is 3.59. The van der Waals surface area contributed by atoms with Crippen molar-refractivity contribution in [1.29, 1.82) is 0 Å². The van der Waals surface area contributed by atoms with Crippen LogP contribution in [0, 0.1) is 0 Å². The molecule has 0 aliphatic carbocycles. The molecule has 0 aromatic heterocycles. The molecule has 2 rings (SSSR count). The van der Waals surface area contributed by atoms with Gasteiger partial charge in [-0.25, -0.2) is 0 Å². The fraction of sp³-hybridized carbons (Fsp3) is 0.222. The van der Waals surface area contributed by atoms with Gasteiger partial charge >= 0.3 is 0 Å². The lowest BCUT2D eigenvalue weighted by molar-refractivity contribution is 0.393. The molecule has 1 aliphatic rings. The molecule has 0 atom stereocenters. The maximum absolute atomic E-state index is 5.37. The van der Waals surface area contributed by atoms with E-state index in [0.717, 1.165) is 17.0 Å². The Kier molecular flexibility index (Phi) is 1.39. The van der Waals surface area contributed by atoms with E-state index in [1.54, 1.807) is 7.05 Å². The average molecular weight is 147 g/mol. The van der Waals surface area contributed by atoms with Crippen LogP contribution in [0.2, 0.25) is 0 Å². The summed E-state index contributed by atoms with van der Waals surface area (Å²) in [5.74, 6) is 0.952. The lowest BCUT2D eigenvalue weighted by Gasteiger charge is -1.93. The Labute approximate surface area is 65.5 Å². The van der Waals surface area contributed by atoms with Gasteiger partial charge in [0.25, 0.3) is 0 Å². The highest BCUT2D eigenvalue weighted by Gasteiger charge is 2.16. The van der Waals surface area contributed by atoms with Crippen LogP contribution < -0.4 is 4.74 Å². The molecule has 0 saturated heterocycles. The molecule has 0 saturated carbocycles. The SMILES string of the molecule is C/N=C1\COc2ccccc21. The van der Waals surface area contributed by atoms with Crippen LogP contribution in [-0.2, 0) is 0 Å². The van der Waals surface area contributed by atoms with Crippen LogP contribution in [0.1, 0.15) is 5.56 Å². The van der Waals surface area contributed by atoms with E-state index >= 15 is 0 Å². The maximum atomic E-state index is 5.37. The van der Waals surface area contributed by atoms with E-state index in [1.165, 1.54) is 0 Å². The number of nitrogens with zero attached hydrogens (tertiary/aromatic N) is 1. The maximum Gasteiger partial charge on any atom is 0.131 e. The van der Waals surface area contributed by atoms with Gasteiger partial charge in [0.2, 0.25) is 0 Å². The van der Waals surface area contributed by atoms with Crippen molar-refractivity contribution in [3.05, 3.63) is 29.8 Å². The molecule has 1 aromatic carbocycles. The van der Waals surface area contributed by atoms with Crippen LogP contribution in [0.25, 0.3) is 0 Å². The summed E-state index contributed by atoms with van der Waals surface area (Å²) in [6.07, 6.45) is 0. The molecule has 2 nitrogen and oxygen atoms in total. The molecule has 1 aliphatic heterocycles. The summed E-state index contributed by atoms with van der Waals surface area (Å²) in [6.45, 7) is 0.621. The third-order valence-electron chi connectivity index (χ3n) is 1.83. The molecule has 1 heterocycles. The summed E-state index contributed by atoms with van der Waals surface area (Å²) in [7, 11) is 1.79. The Bertz CT molecular complexity index is 304. The van der Waals surface area contributed by atoms with Crippen molar-refractivity contribution in [3.8, 4) is 5.75 Å². The summed E-state index contributed by atoms with van der Waals surface area (Å²) in [5.41, 5.74) is 2.18. The largest absolute Gasteiger partial charge is 0.487 e. The number of benzene rings is 1. The molecule has 0 amide bonds. The van der Waals surface area contributed by atoms with Crippen molar-refractivity contribution in [2.45, 2.75) is 0 Å². The van der Waals surface area contributed by atoms with Crippen LogP contribution in [0.3, 0.4) is 0 Å². The number of rotatable bonds is 0. The fourth-order valence-corrected chi connectivity index (χ4v) is 1.24. The molecule has 2 heteroatoms. The summed E-state index contributed by atoms with van der Waals surface area (Å²) < 4.78 is 5.37. The third-order valence-corrected chi connectivity index (χ3v) is 1.83. The van der Waals surface area contributed by atoms with E-state index in [0.29, 0.717) is 6.61 Å². The Hall–Kier alpha value is -1.31. The van der Waals surface area contributed by atoms with Gasteiger partial charge in [-0.3, -0.25) is 4.99 Å². The molecular formula is C9H9NO. The average Bonchev–Trinajstić information content (AvgIpc) is 2.47. The lowest BCUT2D eigenvalue weighted by Crippen LogP contribution is -2.01. The monoisotopic (exact) mass is 147 g/mol. The quantitative estimate of drug-likeness (QED) is 0.545. The zero-order chi connectivity index (χ0) is 7.68. The van der Waals surface area contributed by atoms with Gasteiger partial charge in [0.05, 0.1) is 5.71 Å². The normalized spacial score (nSPS) is 18.1. The lowest BCUT2D eigenvalue weighted by atomic mass is 10.1. The second-order valence-electron chi connectivity index (χ2n) is 2.46. The van der Waals surface area contributed by atoms with Crippen LogP contribution in [0.15, 0.2) is 29.3 Å². The van der Waals surface area contributed by atoms with Gasteiger partial charge in [-0.1, -0.05) is 12.1 Å². The van der Waals surface area contributed by atoms with E-state index in [-0.39, 0.29) is 0 Å². The molecular weight excluding hydrogens is 138 g/mol. The number of aliphatic imine (C=N–C) groups is 1. The minimum atomic E-state index is 0.621. The summed E-state index contributed by atoms with van der Waals surface area (Å²) in [4.78, 5) is 4.12. The molecule has 0 radical (unpaired) electrons. The predicted octanol–water partition coefficient (Wildman–Crippen LogP) is 1.50. The third kappa shape index (κ3) is 0.909. The van der Waals surface area contributed by atoms with Crippen molar-refractivity contribution < 1.29 is 4.74 Å². The highest BCUT2D eigenvalue weighted by Crippen LogP contribution is 2.24. The second-order valence-corrected chi connectivity index (χ2v) is 2.46. The smallest absolute Gasteiger partial charge is 0.131 e. The first-order chi connectivity index (χ1) is 5.42. The van der Waals surface area contributed by atoms with Gasteiger partial charge in [0.15, 0.2) is 0 Å². The van der Waals surface area contributed by atoms with E-state index in [2.05, 4.69) is 4.99 Å². The number of para-hydroxylation sites is 1. The summed E-state index contributed by atoms with van der Waals surface area (Å²) >= 11 is 0. The van der Waals surface area contributed by atoms with Crippen molar-refractivity contribution in [3.63, 3.8) is 0 Å². The highest BCUT2D eigenvalue weighted by atomic mass is 16.5. The van der Waals surface area contributed by atoms with E-state index < -0.39 is 0 Å². The molecule has 0 unspecified atom stereocenters. The van der Waals surface area contributed by atoms with Crippen molar-refractivity contribution in [2.24, 2.45) is 4.99 Å². The van der Waals surface area contributed by atoms with E-state index in [4.69, 9.17) is 4.74 Å².